The van der Waals surface area contributed by atoms with Crippen LogP contribution in [-0.4, -0.2) is 14.3 Å². The number of carbonyl (C=O) groups excluding carboxylic acids is 1. The average molecular weight is 388 g/mol. The van der Waals surface area contributed by atoms with Crippen LogP contribution in [0.5, 0.6) is 0 Å². The van der Waals surface area contributed by atoms with Crippen LogP contribution >= 0.6 is 0 Å². The van der Waals surface area contributed by atoms with Crippen molar-refractivity contribution in [2.45, 2.75) is 17.9 Å². The molecule has 1 aromatic heterocycles. The lowest BCUT2D eigenvalue weighted by molar-refractivity contribution is 0.0912. The number of furan rings is 1. The Balaban J connectivity index is 1.75. The van der Waals surface area contributed by atoms with Crippen molar-refractivity contribution in [1.29, 1.82) is 0 Å². The van der Waals surface area contributed by atoms with Gasteiger partial charge in [-0.2, -0.15) is 0 Å². The molecule has 0 radical (unpaired) electrons. The first-order chi connectivity index (χ1) is 12.7. The third kappa shape index (κ3) is 4.42. The Morgan fingerprint density at radius 2 is 1.81 bits per heavy atom. The van der Waals surface area contributed by atoms with Crippen LogP contribution in [0.2, 0.25) is 0 Å². The lowest BCUT2D eigenvalue weighted by Crippen LogP contribution is -2.26. The molecule has 27 heavy (non-hydrogen) atoms. The zero-order valence-corrected chi connectivity index (χ0v) is 15.2. The van der Waals surface area contributed by atoms with E-state index >= 15 is 0 Å². The first kappa shape index (κ1) is 18.8. The number of hydrogen-bond donors (Lipinski definition) is 2. The van der Waals surface area contributed by atoms with Gasteiger partial charge >= 0.3 is 0 Å². The minimum Gasteiger partial charge on any atom is -0.451 e. The zero-order valence-electron chi connectivity index (χ0n) is 14.3. The number of hydrogen-bond acceptors (Lipinski definition) is 4. The second-order valence-corrected chi connectivity index (χ2v) is 7.54. The molecule has 1 heterocycles. The Labute approximate surface area is 155 Å². The van der Waals surface area contributed by atoms with E-state index in [2.05, 4.69) is 5.32 Å². The van der Waals surface area contributed by atoms with E-state index in [0.717, 1.165) is 0 Å². The third-order valence-corrected chi connectivity index (χ3v) is 4.90. The summed E-state index contributed by atoms with van der Waals surface area (Å²) in [6.07, 6.45) is 0. The summed E-state index contributed by atoms with van der Waals surface area (Å²) >= 11 is 0. The van der Waals surface area contributed by atoms with Crippen LogP contribution in [0.4, 0.5) is 4.39 Å². The maximum atomic E-state index is 13.0. The molecule has 3 N–H and O–H groups in total. The van der Waals surface area contributed by atoms with E-state index in [9.17, 15) is 17.6 Å². The van der Waals surface area contributed by atoms with Gasteiger partial charge in [0, 0.05) is 5.56 Å². The Morgan fingerprint density at radius 3 is 2.48 bits per heavy atom. The molecule has 0 fully saturated rings. The summed E-state index contributed by atoms with van der Waals surface area (Å²) in [4.78, 5) is 12.4. The monoisotopic (exact) mass is 388 g/mol. The fraction of sp³-hybridized carbons (Fsp3) is 0.105. The molecule has 3 rings (SSSR count). The van der Waals surface area contributed by atoms with Gasteiger partial charge in [0.2, 0.25) is 10.0 Å². The van der Waals surface area contributed by atoms with Gasteiger partial charge in [-0.25, -0.2) is 17.9 Å². The van der Waals surface area contributed by atoms with Gasteiger partial charge in [-0.1, -0.05) is 12.1 Å². The first-order valence-corrected chi connectivity index (χ1v) is 9.58. The topological polar surface area (TPSA) is 102 Å². The number of halogens is 1. The quantitative estimate of drug-likeness (QED) is 0.700. The molecule has 8 heteroatoms. The van der Waals surface area contributed by atoms with Gasteiger partial charge in [-0.3, -0.25) is 4.79 Å². The molecular weight excluding hydrogens is 371 g/mol. The smallest absolute Gasteiger partial charge is 0.287 e. The maximum Gasteiger partial charge on any atom is 0.287 e. The van der Waals surface area contributed by atoms with Crippen LogP contribution in [0.1, 0.15) is 29.1 Å². The van der Waals surface area contributed by atoms with E-state index in [4.69, 9.17) is 9.56 Å². The van der Waals surface area contributed by atoms with Gasteiger partial charge < -0.3 is 9.73 Å². The number of benzene rings is 2. The highest BCUT2D eigenvalue weighted by Gasteiger charge is 2.17. The zero-order chi connectivity index (χ0) is 19.6. The van der Waals surface area contributed by atoms with Crippen LogP contribution in [0.15, 0.2) is 70.0 Å². The fourth-order valence-electron chi connectivity index (χ4n) is 2.54. The van der Waals surface area contributed by atoms with Crippen molar-refractivity contribution in [1.82, 2.24) is 5.32 Å². The second kappa shape index (κ2) is 7.34. The summed E-state index contributed by atoms with van der Waals surface area (Å²) in [5, 5.41) is 7.87. The van der Waals surface area contributed by atoms with Gasteiger partial charge in [-0.15, -0.1) is 0 Å². The summed E-state index contributed by atoms with van der Waals surface area (Å²) in [7, 11) is -3.83. The fourth-order valence-corrected chi connectivity index (χ4v) is 3.11. The molecular formula is C19H17FN2O4S. The molecule has 0 saturated heterocycles. The molecule has 1 unspecified atom stereocenters. The predicted molar refractivity (Wildman–Crippen MR) is 97.8 cm³/mol. The number of amides is 1. The molecule has 3 aromatic rings. The highest BCUT2D eigenvalue weighted by molar-refractivity contribution is 7.89. The number of nitrogens with one attached hydrogen (secondary N) is 1. The molecule has 1 amide bonds. The summed E-state index contributed by atoms with van der Waals surface area (Å²) in [5.74, 6) is -0.302. The van der Waals surface area contributed by atoms with Crippen molar-refractivity contribution in [3.05, 3.63) is 77.8 Å². The minimum absolute atomic E-state index is 0.0299. The highest BCUT2D eigenvalue weighted by atomic mass is 32.2. The number of carbonyl (C=O) groups is 1. The van der Waals surface area contributed by atoms with Crippen LogP contribution in [0.25, 0.3) is 11.3 Å². The molecule has 2 aromatic carbocycles. The van der Waals surface area contributed by atoms with Gasteiger partial charge in [0.15, 0.2) is 5.76 Å². The van der Waals surface area contributed by atoms with Crippen molar-refractivity contribution < 1.29 is 22.0 Å². The standard InChI is InChI=1S/C19H17FN2O4S/c1-12(14-3-2-4-16(11-14)27(21,24)25)22-19(23)18-10-9-17(26-18)13-5-7-15(20)8-6-13/h2-12H,1H3,(H,22,23)(H2,21,24,25). The lowest BCUT2D eigenvalue weighted by Gasteiger charge is -2.14. The van der Waals surface area contributed by atoms with Crippen molar-refractivity contribution in [2.75, 3.05) is 0 Å². The molecule has 0 aliphatic rings. The maximum absolute atomic E-state index is 13.0. The van der Waals surface area contributed by atoms with Gasteiger partial charge in [0.25, 0.3) is 5.91 Å². The van der Waals surface area contributed by atoms with Crippen molar-refractivity contribution in [3.8, 4) is 11.3 Å². The predicted octanol–water partition coefficient (Wildman–Crippen LogP) is 3.22. The summed E-state index contributed by atoms with van der Waals surface area (Å²) in [5.41, 5.74) is 1.23. The number of primary sulfonamides is 1. The van der Waals surface area contributed by atoms with E-state index in [1.807, 2.05) is 0 Å². The number of sulfonamides is 1. The van der Waals surface area contributed by atoms with Crippen LogP contribution in [0, 0.1) is 5.82 Å². The average Bonchev–Trinajstić information content (AvgIpc) is 3.12. The van der Waals surface area contributed by atoms with Crippen LogP contribution in [-0.2, 0) is 10.0 Å². The summed E-state index contributed by atoms with van der Waals surface area (Å²) < 4.78 is 41.5. The van der Waals surface area contributed by atoms with Gasteiger partial charge in [0.1, 0.15) is 11.6 Å². The molecule has 0 aliphatic carbocycles. The molecule has 0 bridgehead atoms. The third-order valence-electron chi connectivity index (χ3n) is 3.99. The van der Waals surface area contributed by atoms with E-state index in [-0.39, 0.29) is 16.5 Å². The Hall–Kier alpha value is -2.97. The molecule has 0 spiro atoms. The van der Waals surface area contributed by atoms with Gasteiger partial charge in [-0.05, 0) is 61.0 Å². The Kier molecular flexibility index (Phi) is 5.11. The van der Waals surface area contributed by atoms with E-state index in [0.29, 0.717) is 16.9 Å². The highest BCUT2D eigenvalue weighted by Crippen LogP contribution is 2.23. The van der Waals surface area contributed by atoms with Crippen LogP contribution < -0.4 is 10.5 Å². The molecule has 6 nitrogen and oxygen atoms in total. The molecule has 0 saturated carbocycles. The first-order valence-electron chi connectivity index (χ1n) is 8.03. The molecule has 140 valence electrons. The van der Waals surface area contributed by atoms with Crippen molar-refractivity contribution in [2.24, 2.45) is 5.14 Å². The minimum atomic E-state index is -3.83. The van der Waals surface area contributed by atoms with Crippen LogP contribution in [0.3, 0.4) is 0 Å². The van der Waals surface area contributed by atoms with Gasteiger partial charge in [0.05, 0.1) is 10.9 Å². The lowest BCUT2D eigenvalue weighted by atomic mass is 10.1. The Bertz CT molecular complexity index is 1080. The SMILES string of the molecule is CC(NC(=O)c1ccc(-c2ccc(F)cc2)o1)c1cccc(S(N)(=O)=O)c1. The molecule has 1 atom stereocenters. The van der Waals surface area contributed by atoms with E-state index in [1.165, 1.54) is 30.3 Å². The molecule has 0 aliphatic heterocycles. The van der Waals surface area contributed by atoms with Crippen molar-refractivity contribution >= 4 is 15.9 Å². The van der Waals surface area contributed by atoms with E-state index in [1.54, 1.807) is 37.3 Å². The summed E-state index contributed by atoms with van der Waals surface area (Å²) in [6, 6.07) is 14.4. The second-order valence-electron chi connectivity index (χ2n) is 5.98. The van der Waals surface area contributed by atoms with Crippen molar-refractivity contribution in [3.63, 3.8) is 0 Å². The number of nitrogens with two attached hydrogens (primary N) is 1. The summed E-state index contributed by atoms with van der Waals surface area (Å²) in [6.45, 7) is 1.71. The normalized spacial score (nSPS) is 12.6. The Morgan fingerprint density at radius 1 is 1.11 bits per heavy atom. The van der Waals surface area contributed by atoms with E-state index < -0.39 is 22.0 Å². The number of rotatable bonds is 5. The largest absolute Gasteiger partial charge is 0.451 e.